The van der Waals surface area contributed by atoms with E-state index in [1.165, 1.54) is 11.1 Å². The quantitative estimate of drug-likeness (QED) is 0.429. The molecule has 0 amide bonds. The zero-order valence-corrected chi connectivity index (χ0v) is 15.5. The van der Waals surface area contributed by atoms with Crippen LogP contribution in [0.15, 0.2) is 86.0 Å². The highest BCUT2D eigenvalue weighted by Gasteiger charge is 2.22. The van der Waals surface area contributed by atoms with Gasteiger partial charge in [-0.3, -0.25) is 0 Å². The Hall–Kier alpha value is -2.12. The first-order valence-corrected chi connectivity index (χ1v) is 9.14. The minimum atomic E-state index is 0.0522. The number of rotatable bonds is 10. The third kappa shape index (κ3) is 6.03. The summed E-state index contributed by atoms with van der Waals surface area (Å²) in [5.74, 6) is 0.803. The van der Waals surface area contributed by atoms with E-state index in [-0.39, 0.29) is 12.2 Å². The lowest BCUT2D eigenvalue weighted by molar-refractivity contribution is -0.0323. The van der Waals surface area contributed by atoms with Gasteiger partial charge in [0.2, 0.25) is 0 Å². The largest absolute Gasteiger partial charge is 0.366 e. The topological polar surface area (TPSA) is 9.23 Å². The van der Waals surface area contributed by atoms with E-state index < -0.39 is 0 Å². The molecular formula is C24H30O. The van der Waals surface area contributed by atoms with Crippen LogP contribution in [0.1, 0.15) is 50.0 Å². The van der Waals surface area contributed by atoms with Crippen molar-refractivity contribution in [3.8, 4) is 0 Å². The summed E-state index contributed by atoms with van der Waals surface area (Å²) in [5, 5.41) is 0. The lowest BCUT2D eigenvalue weighted by atomic mass is 9.95. The normalized spacial score (nSPS) is 15.8. The van der Waals surface area contributed by atoms with Crippen molar-refractivity contribution in [3.63, 3.8) is 0 Å². The van der Waals surface area contributed by atoms with Crippen LogP contribution in [-0.2, 0) is 4.74 Å². The molecule has 0 aliphatic carbocycles. The first-order valence-electron chi connectivity index (χ1n) is 9.14. The summed E-state index contributed by atoms with van der Waals surface area (Å²) in [5.41, 5.74) is 2.45. The van der Waals surface area contributed by atoms with Crippen LogP contribution >= 0.6 is 0 Å². The first kappa shape index (κ1) is 19.2. The van der Waals surface area contributed by atoms with Crippen LogP contribution in [0.25, 0.3) is 0 Å². The monoisotopic (exact) mass is 334 g/mol. The molecule has 4 atom stereocenters. The van der Waals surface area contributed by atoms with Gasteiger partial charge < -0.3 is 4.74 Å². The molecule has 0 saturated carbocycles. The van der Waals surface area contributed by atoms with Crippen molar-refractivity contribution in [1.82, 2.24) is 0 Å². The molecule has 25 heavy (non-hydrogen) atoms. The van der Waals surface area contributed by atoms with Crippen LogP contribution in [0.5, 0.6) is 0 Å². The molecule has 1 heteroatoms. The second-order valence-corrected chi connectivity index (χ2v) is 6.83. The Morgan fingerprint density at radius 2 is 1.08 bits per heavy atom. The van der Waals surface area contributed by atoms with Crippen molar-refractivity contribution < 1.29 is 4.74 Å². The molecule has 2 aromatic carbocycles. The molecule has 132 valence electrons. The maximum atomic E-state index is 6.67. The second-order valence-electron chi connectivity index (χ2n) is 6.83. The predicted molar refractivity (Wildman–Crippen MR) is 107 cm³/mol. The van der Waals surface area contributed by atoms with Gasteiger partial charge in [-0.05, 0) is 35.8 Å². The summed E-state index contributed by atoms with van der Waals surface area (Å²) in [6.07, 6.45) is 5.97. The fourth-order valence-electron chi connectivity index (χ4n) is 2.94. The zero-order valence-electron chi connectivity index (χ0n) is 15.5. The number of allylic oxidation sites excluding steroid dienone is 2. The van der Waals surface area contributed by atoms with Crippen molar-refractivity contribution in [1.29, 1.82) is 0 Å². The Morgan fingerprint density at radius 1 is 0.720 bits per heavy atom. The maximum absolute atomic E-state index is 6.67. The summed E-state index contributed by atoms with van der Waals surface area (Å²) in [6, 6.07) is 21.0. The molecule has 0 N–H and O–H groups in total. The SMILES string of the molecule is C=CC(C)CC(OC(CC(C)C=C)c1ccccc1)c1ccccc1. The van der Waals surface area contributed by atoms with E-state index in [2.05, 4.69) is 75.5 Å². The summed E-state index contributed by atoms with van der Waals surface area (Å²) in [4.78, 5) is 0. The fourth-order valence-corrected chi connectivity index (χ4v) is 2.94. The van der Waals surface area contributed by atoms with Gasteiger partial charge in [-0.25, -0.2) is 0 Å². The van der Waals surface area contributed by atoms with Gasteiger partial charge in [0.05, 0.1) is 12.2 Å². The van der Waals surface area contributed by atoms with Crippen molar-refractivity contribution in [2.45, 2.75) is 38.9 Å². The van der Waals surface area contributed by atoms with Gasteiger partial charge >= 0.3 is 0 Å². The first-order chi connectivity index (χ1) is 12.1. The third-order valence-electron chi connectivity index (χ3n) is 4.65. The standard InChI is InChI=1S/C24H30O/c1-5-19(3)17-23(21-13-9-7-10-14-21)25-24(18-20(4)6-2)22-15-11-8-12-16-22/h5-16,19-20,23-24H,1-2,17-18H2,3-4H3. The van der Waals surface area contributed by atoms with Crippen molar-refractivity contribution in [3.05, 3.63) is 97.1 Å². The van der Waals surface area contributed by atoms with Crippen molar-refractivity contribution in [2.24, 2.45) is 11.8 Å². The van der Waals surface area contributed by atoms with E-state index in [1.807, 2.05) is 24.3 Å². The summed E-state index contributed by atoms with van der Waals surface area (Å²) >= 11 is 0. The molecule has 0 fully saturated rings. The number of ether oxygens (including phenoxy) is 1. The minimum Gasteiger partial charge on any atom is -0.366 e. The lowest BCUT2D eigenvalue weighted by Gasteiger charge is -2.28. The van der Waals surface area contributed by atoms with E-state index in [9.17, 15) is 0 Å². The highest BCUT2D eigenvalue weighted by molar-refractivity contribution is 5.20. The van der Waals surface area contributed by atoms with Crippen LogP contribution in [0.2, 0.25) is 0 Å². The van der Waals surface area contributed by atoms with Crippen LogP contribution in [0.3, 0.4) is 0 Å². The molecule has 2 rings (SSSR count). The number of hydrogen-bond acceptors (Lipinski definition) is 1. The van der Waals surface area contributed by atoms with E-state index in [0.29, 0.717) is 11.8 Å². The van der Waals surface area contributed by atoms with Gasteiger partial charge in [0, 0.05) is 0 Å². The highest BCUT2D eigenvalue weighted by Crippen LogP contribution is 2.35. The number of hydrogen-bond donors (Lipinski definition) is 0. The molecule has 0 aliphatic heterocycles. The average molecular weight is 335 g/mol. The van der Waals surface area contributed by atoms with Gasteiger partial charge in [0.1, 0.15) is 0 Å². The Balaban J connectivity index is 2.26. The second kappa shape index (κ2) is 10.0. The molecular weight excluding hydrogens is 304 g/mol. The van der Waals surface area contributed by atoms with Gasteiger partial charge in [0.25, 0.3) is 0 Å². The molecule has 4 unspecified atom stereocenters. The van der Waals surface area contributed by atoms with Crippen LogP contribution < -0.4 is 0 Å². The van der Waals surface area contributed by atoms with Crippen molar-refractivity contribution in [2.75, 3.05) is 0 Å². The maximum Gasteiger partial charge on any atom is 0.0838 e. The molecule has 2 aromatic rings. The Labute approximate surface area is 153 Å². The van der Waals surface area contributed by atoms with Crippen molar-refractivity contribution >= 4 is 0 Å². The van der Waals surface area contributed by atoms with Crippen LogP contribution in [0, 0.1) is 11.8 Å². The predicted octanol–water partition coefficient (Wildman–Crippen LogP) is 6.91. The van der Waals surface area contributed by atoms with E-state index in [1.54, 1.807) is 0 Å². The van der Waals surface area contributed by atoms with Crippen LogP contribution in [-0.4, -0.2) is 0 Å². The fraction of sp³-hybridized carbons (Fsp3) is 0.333. The van der Waals surface area contributed by atoms with E-state index in [4.69, 9.17) is 4.74 Å². The smallest absolute Gasteiger partial charge is 0.0838 e. The molecule has 0 heterocycles. The van der Waals surface area contributed by atoms with Crippen LogP contribution in [0.4, 0.5) is 0 Å². The van der Waals surface area contributed by atoms with Gasteiger partial charge in [-0.15, -0.1) is 13.2 Å². The molecule has 0 bridgehead atoms. The lowest BCUT2D eigenvalue weighted by Crippen LogP contribution is -2.15. The highest BCUT2D eigenvalue weighted by atomic mass is 16.5. The molecule has 0 saturated heterocycles. The minimum absolute atomic E-state index is 0.0522. The Morgan fingerprint density at radius 3 is 1.40 bits per heavy atom. The van der Waals surface area contributed by atoms with Gasteiger partial charge in [0.15, 0.2) is 0 Å². The Kier molecular flexibility index (Phi) is 7.69. The van der Waals surface area contributed by atoms with E-state index in [0.717, 1.165) is 12.8 Å². The third-order valence-corrected chi connectivity index (χ3v) is 4.65. The zero-order chi connectivity index (χ0) is 18.1. The Bertz CT molecular complexity index is 574. The average Bonchev–Trinajstić information content (AvgIpc) is 2.67. The summed E-state index contributed by atoms with van der Waals surface area (Å²) in [6.45, 7) is 12.3. The van der Waals surface area contributed by atoms with E-state index >= 15 is 0 Å². The molecule has 1 nitrogen and oxygen atoms in total. The molecule has 0 spiro atoms. The molecule has 0 aromatic heterocycles. The summed E-state index contributed by atoms with van der Waals surface area (Å²) < 4.78 is 6.67. The van der Waals surface area contributed by atoms with Gasteiger partial charge in [-0.2, -0.15) is 0 Å². The molecule has 0 aliphatic rings. The summed E-state index contributed by atoms with van der Waals surface area (Å²) in [7, 11) is 0. The molecule has 0 radical (unpaired) electrons. The number of benzene rings is 2. The van der Waals surface area contributed by atoms with Gasteiger partial charge in [-0.1, -0.05) is 86.7 Å².